The zero-order valence-corrected chi connectivity index (χ0v) is 16.4. The van der Waals surface area contributed by atoms with E-state index in [2.05, 4.69) is 0 Å². The van der Waals surface area contributed by atoms with Crippen LogP contribution in [-0.2, 0) is 9.59 Å². The van der Waals surface area contributed by atoms with E-state index in [0.29, 0.717) is 11.4 Å². The molecule has 146 valence electrons. The molecule has 0 saturated carbocycles. The number of anilines is 1. The van der Waals surface area contributed by atoms with Gasteiger partial charge in [0.15, 0.2) is 6.10 Å². The van der Waals surface area contributed by atoms with E-state index in [1.807, 2.05) is 72.8 Å². The van der Waals surface area contributed by atoms with Gasteiger partial charge >= 0.3 is 0 Å². The van der Waals surface area contributed by atoms with Gasteiger partial charge in [-0.1, -0.05) is 60.7 Å². The van der Waals surface area contributed by atoms with Crippen LogP contribution in [0.25, 0.3) is 0 Å². The lowest BCUT2D eigenvalue weighted by Crippen LogP contribution is -2.50. The van der Waals surface area contributed by atoms with Crippen LogP contribution in [0, 0.1) is 0 Å². The van der Waals surface area contributed by atoms with Crippen molar-refractivity contribution < 1.29 is 14.3 Å². The molecule has 29 heavy (non-hydrogen) atoms. The van der Waals surface area contributed by atoms with Crippen molar-refractivity contribution in [3.8, 4) is 5.75 Å². The highest BCUT2D eigenvalue weighted by Crippen LogP contribution is 2.40. The number of rotatable bonds is 5. The molecule has 1 aliphatic heterocycles. The third-order valence-corrected chi connectivity index (χ3v) is 5.93. The fraction of sp³-hybridized carbons (Fsp3) is 0.130. The summed E-state index contributed by atoms with van der Waals surface area (Å²) >= 11 is 1.48. The monoisotopic (exact) mass is 404 g/mol. The van der Waals surface area contributed by atoms with Crippen LogP contribution in [0.5, 0.6) is 5.75 Å². The summed E-state index contributed by atoms with van der Waals surface area (Å²) in [5, 5.41) is -0.474. The van der Waals surface area contributed by atoms with E-state index in [4.69, 9.17) is 10.5 Å². The smallest absolute Gasteiger partial charge is 0.260 e. The van der Waals surface area contributed by atoms with Crippen molar-refractivity contribution in [2.24, 2.45) is 5.73 Å². The van der Waals surface area contributed by atoms with E-state index in [0.717, 1.165) is 10.5 Å². The minimum atomic E-state index is -0.882. The molecule has 6 heteroatoms. The Balaban J connectivity index is 1.72. The molecule has 2 amide bonds. The summed E-state index contributed by atoms with van der Waals surface area (Å²) < 4.78 is 5.70. The first-order chi connectivity index (χ1) is 14.1. The van der Waals surface area contributed by atoms with Crippen LogP contribution in [0.4, 0.5) is 5.69 Å². The largest absolute Gasteiger partial charge is 0.477 e. The predicted octanol–water partition coefficient (Wildman–Crippen LogP) is 3.80. The number of carbonyl (C=O) groups is 2. The van der Waals surface area contributed by atoms with Crippen molar-refractivity contribution in [1.82, 2.24) is 0 Å². The molecule has 1 aliphatic rings. The zero-order valence-electron chi connectivity index (χ0n) is 15.6. The van der Waals surface area contributed by atoms with Gasteiger partial charge in [0.05, 0.1) is 12.2 Å². The van der Waals surface area contributed by atoms with Crippen molar-refractivity contribution in [3.05, 3.63) is 90.5 Å². The molecule has 5 nitrogen and oxygen atoms in total. The number of fused-ring (bicyclic) bond motifs is 1. The van der Waals surface area contributed by atoms with Gasteiger partial charge in [-0.05, 0) is 29.8 Å². The molecule has 2 atom stereocenters. The lowest BCUT2D eigenvalue weighted by Gasteiger charge is -2.35. The van der Waals surface area contributed by atoms with Gasteiger partial charge in [-0.3, -0.25) is 9.59 Å². The van der Waals surface area contributed by atoms with Gasteiger partial charge in [-0.15, -0.1) is 11.8 Å². The molecular weight excluding hydrogens is 384 g/mol. The van der Waals surface area contributed by atoms with Crippen molar-refractivity contribution in [2.45, 2.75) is 16.2 Å². The van der Waals surface area contributed by atoms with E-state index in [-0.39, 0.29) is 12.5 Å². The number of thioether (sulfide) groups is 1. The molecule has 0 saturated heterocycles. The van der Waals surface area contributed by atoms with E-state index < -0.39 is 17.3 Å². The summed E-state index contributed by atoms with van der Waals surface area (Å²) in [6.07, 6.45) is -0.882. The van der Waals surface area contributed by atoms with E-state index >= 15 is 0 Å². The summed E-state index contributed by atoms with van der Waals surface area (Å²) in [7, 11) is 0. The molecule has 0 bridgehead atoms. The zero-order chi connectivity index (χ0) is 20.2. The van der Waals surface area contributed by atoms with Crippen molar-refractivity contribution >= 4 is 29.3 Å². The van der Waals surface area contributed by atoms with Gasteiger partial charge < -0.3 is 15.4 Å². The number of primary amides is 1. The maximum atomic E-state index is 13.7. The molecule has 1 heterocycles. The first kappa shape index (κ1) is 19.1. The third-order valence-electron chi connectivity index (χ3n) is 4.68. The SMILES string of the molecule is NC(=O)[C@H]1CN(C(=O)[C@@H](Sc2ccccc2)c2ccccc2)c2ccccc2O1. The average Bonchev–Trinajstić information content (AvgIpc) is 2.77. The third kappa shape index (κ3) is 4.12. The number of benzene rings is 3. The molecule has 4 rings (SSSR count). The van der Waals surface area contributed by atoms with Crippen LogP contribution in [0.15, 0.2) is 89.8 Å². The maximum Gasteiger partial charge on any atom is 0.260 e. The Hall–Kier alpha value is -3.25. The Bertz CT molecular complexity index is 1010. The van der Waals surface area contributed by atoms with Crippen LogP contribution in [0.3, 0.4) is 0 Å². The standard InChI is InChI=1S/C23H20N2O3S/c24-22(26)20-15-25(18-13-7-8-14-19(18)28-20)23(27)21(16-9-3-1-4-10-16)29-17-11-5-2-6-12-17/h1-14,20-21H,15H2,(H2,24,26)/t20-,21+/m1/s1. The number of hydrogen-bond donors (Lipinski definition) is 1. The van der Waals surface area contributed by atoms with Gasteiger partial charge in [-0.2, -0.15) is 0 Å². The minimum absolute atomic E-state index is 0.0872. The molecule has 0 unspecified atom stereocenters. The van der Waals surface area contributed by atoms with Crippen LogP contribution in [-0.4, -0.2) is 24.5 Å². The number of carbonyl (C=O) groups excluding carboxylic acids is 2. The average molecular weight is 404 g/mol. The quantitative estimate of drug-likeness (QED) is 0.657. The molecule has 2 N–H and O–H groups in total. The number of hydrogen-bond acceptors (Lipinski definition) is 4. The molecule has 3 aromatic carbocycles. The van der Waals surface area contributed by atoms with Gasteiger partial charge in [0.2, 0.25) is 5.91 Å². The van der Waals surface area contributed by atoms with Gasteiger partial charge in [0.1, 0.15) is 11.0 Å². The van der Waals surface area contributed by atoms with Crippen LogP contribution < -0.4 is 15.4 Å². The number of nitrogens with two attached hydrogens (primary N) is 1. The number of para-hydroxylation sites is 2. The van der Waals surface area contributed by atoms with E-state index in [1.165, 1.54) is 11.8 Å². The van der Waals surface area contributed by atoms with E-state index in [1.54, 1.807) is 17.0 Å². The first-order valence-corrected chi connectivity index (χ1v) is 10.1. The van der Waals surface area contributed by atoms with Gasteiger partial charge in [0, 0.05) is 4.90 Å². The second-order valence-corrected chi connectivity index (χ2v) is 7.83. The molecule has 0 radical (unpaired) electrons. The Morgan fingerprint density at radius 3 is 2.24 bits per heavy atom. The summed E-state index contributed by atoms with van der Waals surface area (Å²) in [4.78, 5) is 28.2. The second-order valence-electron chi connectivity index (χ2n) is 6.65. The molecular formula is C23H20N2O3S. The summed E-state index contributed by atoms with van der Waals surface area (Å²) in [6, 6.07) is 26.6. The molecule has 0 aliphatic carbocycles. The highest BCUT2D eigenvalue weighted by atomic mass is 32.2. The topological polar surface area (TPSA) is 72.6 Å². The van der Waals surface area contributed by atoms with E-state index in [9.17, 15) is 9.59 Å². The summed E-state index contributed by atoms with van der Waals surface area (Å²) in [5.41, 5.74) is 7.03. The summed E-state index contributed by atoms with van der Waals surface area (Å²) in [5.74, 6) is -0.233. The summed E-state index contributed by atoms with van der Waals surface area (Å²) in [6.45, 7) is 0.0872. The normalized spacial score (nSPS) is 16.4. The number of amides is 2. The van der Waals surface area contributed by atoms with Crippen molar-refractivity contribution in [2.75, 3.05) is 11.4 Å². The lowest BCUT2D eigenvalue weighted by molar-refractivity contribution is -0.125. The maximum absolute atomic E-state index is 13.7. The second kappa shape index (κ2) is 8.41. The van der Waals surface area contributed by atoms with Crippen molar-refractivity contribution in [3.63, 3.8) is 0 Å². The Labute approximate surface area is 173 Å². The van der Waals surface area contributed by atoms with Crippen LogP contribution >= 0.6 is 11.8 Å². The Morgan fingerprint density at radius 2 is 1.55 bits per heavy atom. The Kier molecular flexibility index (Phi) is 5.53. The number of nitrogens with zero attached hydrogens (tertiary/aromatic N) is 1. The highest BCUT2D eigenvalue weighted by Gasteiger charge is 2.36. The lowest BCUT2D eigenvalue weighted by atomic mass is 10.1. The molecule has 0 fully saturated rings. The van der Waals surface area contributed by atoms with Crippen LogP contribution in [0.1, 0.15) is 10.8 Å². The Morgan fingerprint density at radius 1 is 0.931 bits per heavy atom. The molecule has 3 aromatic rings. The fourth-order valence-corrected chi connectivity index (χ4v) is 4.36. The van der Waals surface area contributed by atoms with Crippen molar-refractivity contribution in [1.29, 1.82) is 0 Å². The predicted molar refractivity (Wildman–Crippen MR) is 114 cm³/mol. The highest BCUT2D eigenvalue weighted by molar-refractivity contribution is 8.00. The molecule has 0 spiro atoms. The minimum Gasteiger partial charge on any atom is -0.477 e. The number of ether oxygens (including phenoxy) is 1. The van der Waals surface area contributed by atoms with Gasteiger partial charge in [-0.25, -0.2) is 0 Å². The molecule has 0 aromatic heterocycles. The van der Waals surface area contributed by atoms with Gasteiger partial charge in [0.25, 0.3) is 5.91 Å². The first-order valence-electron chi connectivity index (χ1n) is 9.26. The van der Waals surface area contributed by atoms with Crippen LogP contribution in [0.2, 0.25) is 0 Å². The fourth-order valence-electron chi connectivity index (χ4n) is 3.26.